The highest BCUT2D eigenvalue weighted by molar-refractivity contribution is 9.10. The molecule has 2 nitrogen and oxygen atoms in total. The fraction of sp³-hybridized carbons (Fsp3) is 0.278. The van der Waals surface area contributed by atoms with Gasteiger partial charge in [0, 0.05) is 15.1 Å². The van der Waals surface area contributed by atoms with Crippen molar-refractivity contribution in [2.75, 3.05) is 5.75 Å². The maximum atomic E-state index is 10.8. The van der Waals surface area contributed by atoms with Gasteiger partial charge in [0.2, 0.25) is 0 Å². The van der Waals surface area contributed by atoms with E-state index >= 15 is 0 Å². The van der Waals surface area contributed by atoms with E-state index in [9.17, 15) is 4.79 Å². The van der Waals surface area contributed by atoms with Gasteiger partial charge in [-0.25, -0.2) is 4.79 Å². The maximum Gasteiger partial charge on any atom is 0.335 e. The van der Waals surface area contributed by atoms with Crippen molar-refractivity contribution in [2.24, 2.45) is 5.92 Å². The number of benzene rings is 2. The molecule has 1 N–H and O–H groups in total. The standard InChI is InChI=1S/C18H19BrO2S/c1-13(12-22-17-10-8-16(19)9-11-17)2-3-14-4-6-15(7-5-14)18(20)21/h4-11,13H,2-3,12H2,1H3,(H,20,21). The van der Waals surface area contributed by atoms with Crippen LogP contribution in [-0.2, 0) is 6.42 Å². The molecule has 2 aromatic rings. The van der Waals surface area contributed by atoms with Crippen molar-refractivity contribution in [3.05, 3.63) is 64.1 Å². The largest absolute Gasteiger partial charge is 0.478 e. The van der Waals surface area contributed by atoms with Gasteiger partial charge in [-0.05, 0) is 60.7 Å². The Morgan fingerprint density at radius 1 is 1.14 bits per heavy atom. The fourth-order valence-electron chi connectivity index (χ4n) is 2.08. The monoisotopic (exact) mass is 378 g/mol. The lowest BCUT2D eigenvalue weighted by molar-refractivity contribution is 0.0697. The third-order valence-corrected chi connectivity index (χ3v) is 5.34. The van der Waals surface area contributed by atoms with E-state index in [0.717, 1.165) is 23.1 Å². The molecule has 1 unspecified atom stereocenters. The van der Waals surface area contributed by atoms with E-state index in [4.69, 9.17) is 5.11 Å². The van der Waals surface area contributed by atoms with Crippen LogP contribution in [0.25, 0.3) is 0 Å². The maximum absolute atomic E-state index is 10.8. The molecular weight excluding hydrogens is 360 g/mol. The molecule has 0 aromatic heterocycles. The van der Waals surface area contributed by atoms with Crippen LogP contribution < -0.4 is 0 Å². The van der Waals surface area contributed by atoms with Crippen LogP contribution in [-0.4, -0.2) is 16.8 Å². The minimum Gasteiger partial charge on any atom is -0.478 e. The topological polar surface area (TPSA) is 37.3 Å². The zero-order valence-corrected chi connectivity index (χ0v) is 14.9. The first kappa shape index (κ1) is 17.1. The van der Waals surface area contributed by atoms with E-state index in [0.29, 0.717) is 11.5 Å². The average molecular weight is 379 g/mol. The molecule has 0 aliphatic heterocycles. The molecule has 22 heavy (non-hydrogen) atoms. The predicted molar refractivity (Wildman–Crippen MR) is 95.8 cm³/mol. The summed E-state index contributed by atoms with van der Waals surface area (Å²) in [4.78, 5) is 12.1. The highest BCUT2D eigenvalue weighted by atomic mass is 79.9. The molecular formula is C18H19BrO2S. The van der Waals surface area contributed by atoms with Crippen molar-refractivity contribution in [3.63, 3.8) is 0 Å². The Morgan fingerprint density at radius 3 is 2.36 bits per heavy atom. The van der Waals surface area contributed by atoms with Gasteiger partial charge in [0.15, 0.2) is 0 Å². The third-order valence-electron chi connectivity index (χ3n) is 3.47. The van der Waals surface area contributed by atoms with E-state index < -0.39 is 5.97 Å². The van der Waals surface area contributed by atoms with Gasteiger partial charge < -0.3 is 5.11 Å². The Morgan fingerprint density at radius 2 is 1.77 bits per heavy atom. The molecule has 0 bridgehead atoms. The van der Waals surface area contributed by atoms with Gasteiger partial charge in [-0.3, -0.25) is 0 Å². The van der Waals surface area contributed by atoms with Gasteiger partial charge in [0.25, 0.3) is 0 Å². The van der Waals surface area contributed by atoms with Gasteiger partial charge >= 0.3 is 5.97 Å². The average Bonchev–Trinajstić information content (AvgIpc) is 2.52. The van der Waals surface area contributed by atoms with E-state index in [1.807, 2.05) is 23.9 Å². The Hall–Kier alpha value is -1.26. The summed E-state index contributed by atoms with van der Waals surface area (Å²) in [6.45, 7) is 2.26. The van der Waals surface area contributed by atoms with Crippen molar-refractivity contribution in [1.29, 1.82) is 0 Å². The zero-order chi connectivity index (χ0) is 15.9. The summed E-state index contributed by atoms with van der Waals surface area (Å²) in [5.41, 5.74) is 1.55. The van der Waals surface area contributed by atoms with Gasteiger partial charge in [0.1, 0.15) is 0 Å². The molecule has 0 radical (unpaired) electrons. The SMILES string of the molecule is CC(CCc1ccc(C(=O)O)cc1)CSc1ccc(Br)cc1. The molecule has 0 spiro atoms. The number of thioether (sulfide) groups is 1. The van der Waals surface area contributed by atoms with Gasteiger partial charge in [-0.1, -0.05) is 35.0 Å². The summed E-state index contributed by atoms with van der Waals surface area (Å²) in [6, 6.07) is 15.6. The lowest BCUT2D eigenvalue weighted by Gasteiger charge is -2.11. The van der Waals surface area contributed by atoms with Crippen molar-refractivity contribution >= 4 is 33.7 Å². The summed E-state index contributed by atoms with van der Waals surface area (Å²) in [5.74, 6) is 0.841. The molecule has 0 amide bonds. The summed E-state index contributed by atoms with van der Waals surface area (Å²) < 4.78 is 1.11. The molecule has 4 heteroatoms. The quantitative estimate of drug-likeness (QED) is 0.645. The molecule has 0 heterocycles. The number of aromatic carboxylic acids is 1. The highest BCUT2D eigenvalue weighted by Crippen LogP contribution is 2.24. The fourth-order valence-corrected chi connectivity index (χ4v) is 3.32. The van der Waals surface area contributed by atoms with Crippen LogP contribution in [0.1, 0.15) is 29.3 Å². The highest BCUT2D eigenvalue weighted by Gasteiger charge is 2.06. The van der Waals surface area contributed by atoms with Crippen molar-refractivity contribution in [3.8, 4) is 0 Å². The first-order chi connectivity index (χ1) is 10.5. The summed E-state index contributed by atoms with van der Waals surface area (Å²) in [5, 5.41) is 8.88. The minimum atomic E-state index is -0.870. The summed E-state index contributed by atoms with van der Waals surface area (Å²) >= 11 is 5.32. The number of hydrogen-bond acceptors (Lipinski definition) is 2. The lowest BCUT2D eigenvalue weighted by Crippen LogP contribution is -2.01. The van der Waals surface area contributed by atoms with Crippen LogP contribution in [0.4, 0.5) is 0 Å². The Balaban J connectivity index is 1.76. The number of carboxylic acid groups (broad SMARTS) is 1. The zero-order valence-electron chi connectivity index (χ0n) is 12.5. The van der Waals surface area contributed by atoms with E-state index in [-0.39, 0.29) is 0 Å². The van der Waals surface area contributed by atoms with Gasteiger partial charge in [-0.2, -0.15) is 0 Å². The molecule has 0 aliphatic rings. The first-order valence-corrected chi connectivity index (χ1v) is 9.03. The normalized spacial score (nSPS) is 12.1. The number of carboxylic acids is 1. The molecule has 0 aliphatic carbocycles. The first-order valence-electron chi connectivity index (χ1n) is 7.25. The predicted octanol–water partition coefficient (Wildman–Crippen LogP) is 5.51. The van der Waals surface area contributed by atoms with Crippen LogP contribution in [0.3, 0.4) is 0 Å². The molecule has 0 fully saturated rings. The van der Waals surface area contributed by atoms with Crippen LogP contribution in [0.2, 0.25) is 0 Å². The number of hydrogen-bond donors (Lipinski definition) is 1. The van der Waals surface area contributed by atoms with E-state index in [2.05, 4.69) is 47.1 Å². The molecule has 0 saturated heterocycles. The molecule has 0 saturated carbocycles. The minimum absolute atomic E-state index is 0.350. The second-order valence-corrected chi connectivity index (χ2v) is 7.42. The smallest absolute Gasteiger partial charge is 0.335 e. The molecule has 1 atom stereocenters. The Labute approximate surface area is 144 Å². The van der Waals surface area contributed by atoms with Crippen LogP contribution >= 0.6 is 27.7 Å². The third kappa shape index (κ3) is 5.50. The molecule has 116 valence electrons. The number of rotatable bonds is 7. The Kier molecular flexibility index (Phi) is 6.52. The number of aryl methyl sites for hydroxylation is 1. The number of carbonyl (C=O) groups is 1. The van der Waals surface area contributed by atoms with Crippen LogP contribution in [0.5, 0.6) is 0 Å². The second-order valence-electron chi connectivity index (χ2n) is 5.41. The van der Waals surface area contributed by atoms with E-state index in [1.165, 1.54) is 10.5 Å². The Bertz CT molecular complexity index is 608. The second kappa shape index (κ2) is 8.39. The van der Waals surface area contributed by atoms with Crippen molar-refractivity contribution in [1.82, 2.24) is 0 Å². The van der Waals surface area contributed by atoms with Crippen molar-refractivity contribution < 1.29 is 9.90 Å². The molecule has 2 aromatic carbocycles. The van der Waals surface area contributed by atoms with Crippen LogP contribution in [0.15, 0.2) is 57.9 Å². The van der Waals surface area contributed by atoms with Gasteiger partial charge in [-0.15, -0.1) is 11.8 Å². The lowest BCUT2D eigenvalue weighted by atomic mass is 10.0. The van der Waals surface area contributed by atoms with Gasteiger partial charge in [0.05, 0.1) is 5.56 Å². The molecule has 2 rings (SSSR count). The number of halogens is 1. The summed E-state index contributed by atoms with van der Waals surface area (Å²) in [6.07, 6.45) is 2.10. The van der Waals surface area contributed by atoms with Crippen molar-refractivity contribution in [2.45, 2.75) is 24.7 Å². The summed E-state index contributed by atoms with van der Waals surface area (Å²) in [7, 11) is 0. The van der Waals surface area contributed by atoms with E-state index in [1.54, 1.807) is 12.1 Å². The van der Waals surface area contributed by atoms with Crippen LogP contribution in [0, 0.1) is 5.92 Å².